The maximum absolute atomic E-state index is 11.9. The van der Waals surface area contributed by atoms with Crippen LogP contribution in [0.2, 0.25) is 5.02 Å². The molecule has 0 aliphatic carbocycles. The van der Waals surface area contributed by atoms with Gasteiger partial charge in [-0.15, -0.1) is 5.10 Å². The number of hydrogen-bond acceptors (Lipinski definition) is 4. The number of halogens is 1. The van der Waals surface area contributed by atoms with Crippen molar-refractivity contribution in [1.29, 1.82) is 0 Å². The van der Waals surface area contributed by atoms with Crippen LogP contribution in [0.3, 0.4) is 0 Å². The minimum Gasteiger partial charge on any atom is -0.295 e. The van der Waals surface area contributed by atoms with Gasteiger partial charge in [-0.2, -0.15) is 4.98 Å². The van der Waals surface area contributed by atoms with Crippen LogP contribution in [0.15, 0.2) is 24.3 Å². The summed E-state index contributed by atoms with van der Waals surface area (Å²) in [5.74, 6) is 0.230. The van der Waals surface area contributed by atoms with Gasteiger partial charge >= 0.3 is 0 Å². The fraction of sp³-hybridized carbons (Fsp3) is 0.333. The highest BCUT2D eigenvalue weighted by molar-refractivity contribution is 6.30. The fourth-order valence-electron chi connectivity index (χ4n) is 2.47. The Morgan fingerprint density at radius 2 is 2.17 bits per heavy atom. The van der Waals surface area contributed by atoms with E-state index in [-0.39, 0.29) is 30.2 Å². The van der Waals surface area contributed by atoms with Gasteiger partial charge < -0.3 is 0 Å². The number of nitrogens with zero attached hydrogens (tertiary/aromatic N) is 3. The topological polar surface area (TPSA) is 88.9 Å². The number of carbonyl (C=O) groups is 2. The van der Waals surface area contributed by atoms with Crippen LogP contribution in [0, 0.1) is 0 Å². The van der Waals surface area contributed by atoms with E-state index >= 15 is 0 Å². The highest BCUT2D eigenvalue weighted by Gasteiger charge is 2.29. The molecule has 0 fully saturated rings. The lowest BCUT2D eigenvalue weighted by Crippen LogP contribution is -2.29. The predicted molar refractivity (Wildman–Crippen MR) is 86.4 cm³/mol. The van der Waals surface area contributed by atoms with E-state index in [0.717, 1.165) is 12.0 Å². The molecule has 1 aromatic carbocycles. The number of amides is 2. The molecular weight excluding hydrogens is 318 g/mol. The maximum atomic E-state index is 11.9. The Kier molecular flexibility index (Phi) is 4.29. The highest BCUT2D eigenvalue weighted by Crippen LogP contribution is 2.30. The second kappa shape index (κ2) is 6.37. The summed E-state index contributed by atoms with van der Waals surface area (Å²) in [5.41, 5.74) is 0.904. The van der Waals surface area contributed by atoms with Crippen LogP contribution in [0.4, 0.5) is 11.9 Å². The molecule has 0 bridgehead atoms. The maximum Gasteiger partial charge on any atom is 0.250 e. The Morgan fingerprint density at radius 1 is 1.43 bits per heavy atom. The highest BCUT2D eigenvalue weighted by atomic mass is 35.5. The molecule has 1 atom stereocenters. The van der Waals surface area contributed by atoms with Crippen molar-refractivity contribution in [3.8, 4) is 0 Å². The number of carbonyl (C=O) groups excluding carboxylic acids is 2. The zero-order chi connectivity index (χ0) is 16.4. The first-order valence-electron chi connectivity index (χ1n) is 7.38. The van der Waals surface area contributed by atoms with Crippen LogP contribution < -0.4 is 10.6 Å². The molecule has 1 aliphatic heterocycles. The normalized spacial score (nSPS) is 16.6. The van der Waals surface area contributed by atoms with Crippen LogP contribution in [-0.2, 0) is 9.59 Å². The minimum absolute atomic E-state index is 0.142. The van der Waals surface area contributed by atoms with Crippen molar-refractivity contribution in [3.63, 3.8) is 0 Å². The number of fused-ring (bicyclic) bond motifs is 1. The molecule has 0 radical (unpaired) electrons. The third-order valence-electron chi connectivity index (χ3n) is 3.54. The van der Waals surface area contributed by atoms with Crippen molar-refractivity contribution in [1.82, 2.24) is 14.8 Å². The molecule has 0 spiro atoms. The number of anilines is 2. The van der Waals surface area contributed by atoms with Crippen molar-refractivity contribution in [2.24, 2.45) is 0 Å². The first-order valence-corrected chi connectivity index (χ1v) is 7.76. The largest absolute Gasteiger partial charge is 0.295 e. The monoisotopic (exact) mass is 333 g/mol. The lowest BCUT2D eigenvalue weighted by atomic mass is 10.0. The number of aromatic nitrogens is 3. The third kappa shape index (κ3) is 3.34. The molecule has 3 rings (SSSR count). The van der Waals surface area contributed by atoms with Gasteiger partial charge in [-0.25, -0.2) is 4.68 Å². The van der Waals surface area contributed by atoms with Crippen molar-refractivity contribution in [2.75, 3.05) is 10.6 Å². The molecule has 0 unspecified atom stereocenters. The van der Waals surface area contributed by atoms with Gasteiger partial charge in [-0.1, -0.05) is 30.7 Å². The molecule has 1 aliphatic rings. The summed E-state index contributed by atoms with van der Waals surface area (Å²) >= 11 is 5.91. The summed E-state index contributed by atoms with van der Waals surface area (Å²) in [6.07, 6.45) is 1.39. The Hall–Kier alpha value is -2.41. The molecule has 2 heterocycles. The average Bonchev–Trinajstić information content (AvgIpc) is 2.89. The average molecular weight is 334 g/mol. The Bertz CT molecular complexity index is 741. The van der Waals surface area contributed by atoms with E-state index in [1.165, 1.54) is 0 Å². The molecule has 0 saturated heterocycles. The number of hydrogen-bond donors (Lipinski definition) is 2. The summed E-state index contributed by atoms with van der Waals surface area (Å²) < 4.78 is 1.62. The summed E-state index contributed by atoms with van der Waals surface area (Å²) in [4.78, 5) is 27.8. The lowest BCUT2D eigenvalue weighted by molar-refractivity contribution is -0.117. The second-order valence-electron chi connectivity index (χ2n) is 5.32. The molecule has 2 aromatic rings. The number of rotatable bonds is 4. The Balaban J connectivity index is 1.90. The molecule has 2 amide bonds. The summed E-state index contributed by atoms with van der Waals surface area (Å²) in [7, 11) is 0. The Morgan fingerprint density at radius 3 is 2.87 bits per heavy atom. The summed E-state index contributed by atoms with van der Waals surface area (Å²) in [6, 6.07) is 6.97. The number of nitrogens with one attached hydrogen (secondary N) is 2. The number of benzene rings is 1. The molecule has 0 saturated carbocycles. The molecule has 1 aromatic heterocycles. The molecule has 8 heteroatoms. The van der Waals surface area contributed by atoms with Gasteiger partial charge in [0.1, 0.15) is 0 Å². The van der Waals surface area contributed by atoms with Crippen molar-refractivity contribution >= 4 is 35.3 Å². The van der Waals surface area contributed by atoms with E-state index in [0.29, 0.717) is 17.4 Å². The van der Waals surface area contributed by atoms with Gasteiger partial charge in [0.15, 0.2) is 0 Å². The van der Waals surface area contributed by atoms with E-state index in [1.54, 1.807) is 16.8 Å². The zero-order valence-corrected chi connectivity index (χ0v) is 13.3. The lowest BCUT2D eigenvalue weighted by Gasteiger charge is -2.23. The van der Waals surface area contributed by atoms with Crippen molar-refractivity contribution < 1.29 is 9.59 Å². The molecule has 23 heavy (non-hydrogen) atoms. The van der Waals surface area contributed by atoms with E-state index in [9.17, 15) is 9.59 Å². The fourth-order valence-corrected chi connectivity index (χ4v) is 2.60. The van der Waals surface area contributed by atoms with Crippen molar-refractivity contribution in [2.45, 2.75) is 32.2 Å². The Labute approximate surface area is 138 Å². The predicted octanol–water partition coefficient (Wildman–Crippen LogP) is 2.60. The molecule has 120 valence electrons. The van der Waals surface area contributed by atoms with Gasteiger partial charge in [0.05, 0.1) is 12.5 Å². The van der Waals surface area contributed by atoms with E-state index in [2.05, 4.69) is 20.7 Å². The first kappa shape index (κ1) is 15.5. The van der Waals surface area contributed by atoms with Crippen LogP contribution in [0.25, 0.3) is 0 Å². The molecule has 2 N–H and O–H groups in total. The smallest absolute Gasteiger partial charge is 0.250 e. The summed E-state index contributed by atoms with van der Waals surface area (Å²) in [5, 5.41) is 10.3. The van der Waals surface area contributed by atoms with E-state index in [1.807, 2.05) is 19.1 Å². The molecule has 7 nitrogen and oxygen atoms in total. The van der Waals surface area contributed by atoms with Crippen LogP contribution in [-0.4, -0.2) is 26.6 Å². The quantitative estimate of drug-likeness (QED) is 0.900. The zero-order valence-electron chi connectivity index (χ0n) is 12.5. The van der Waals surface area contributed by atoms with E-state index in [4.69, 9.17) is 11.6 Å². The summed E-state index contributed by atoms with van der Waals surface area (Å²) in [6.45, 7) is 1.92. The van der Waals surface area contributed by atoms with Crippen LogP contribution in [0.5, 0.6) is 0 Å². The SMILES string of the molecule is CCCC(=O)Nc1nc2n(n1)[C@@H](c1ccc(Cl)cc1)CC(=O)N2. The standard InChI is InChI=1S/C15H16ClN5O2/c1-2-3-12(22)17-14-19-15-18-13(23)8-11(21(15)20-14)9-4-6-10(16)7-5-9/h4-7,11H,2-3,8H2,1H3,(H2,17,18,19,20,22,23)/t11-/m1/s1. The first-order chi connectivity index (χ1) is 11.1. The van der Waals surface area contributed by atoms with Gasteiger partial charge in [-0.05, 0) is 24.1 Å². The van der Waals surface area contributed by atoms with Gasteiger partial charge in [0.25, 0.3) is 5.95 Å². The molecular formula is C15H16ClN5O2. The minimum atomic E-state index is -0.277. The van der Waals surface area contributed by atoms with Crippen LogP contribution >= 0.6 is 11.6 Å². The van der Waals surface area contributed by atoms with Crippen molar-refractivity contribution in [3.05, 3.63) is 34.9 Å². The second-order valence-corrected chi connectivity index (χ2v) is 5.76. The van der Waals surface area contributed by atoms with Gasteiger partial charge in [0, 0.05) is 11.4 Å². The third-order valence-corrected chi connectivity index (χ3v) is 3.79. The van der Waals surface area contributed by atoms with E-state index < -0.39 is 0 Å². The van der Waals surface area contributed by atoms with Gasteiger partial charge in [0.2, 0.25) is 17.8 Å². The van der Waals surface area contributed by atoms with Crippen LogP contribution in [0.1, 0.15) is 37.8 Å². The van der Waals surface area contributed by atoms with Gasteiger partial charge in [-0.3, -0.25) is 20.2 Å².